The van der Waals surface area contributed by atoms with Gasteiger partial charge >= 0.3 is 0 Å². The van der Waals surface area contributed by atoms with Gasteiger partial charge < -0.3 is 4.74 Å². The minimum Gasteiger partial charge on any atom is -0.497 e. The number of ether oxygens (including phenoxy) is 1. The monoisotopic (exact) mass is 367 g/mol. The average Bonchev–Trinajstić information content (AvgIpc) is 3.33. The predicted molar refractivity (Wildman–Crippen MR) is 105 cm³/mol. The van der Waals surface area contributed by atoms with E-state index in [0.717, 1.165) is 34.2 Å². The summed E-state index contributed by atoms with van der Waals surface area (Å²) in [6.45, 7) is 0. The molecule has 6 nitrogen and oxygen atoms in total. The molecule has 2 aromatic carbocycles. The Balaban J connectivity index is 1.59. The van der Waals surface area contributed by atoms with Gasteiger partial charge in [-0.05, 0) is 23.6 Å². The van der Waals surface area contributed by atoms with E-state index in [1.165, 1.54) is 5.56 Å². The van der Waals surface area contributed by atoms with Crippen molar-refractivity contribution >= 4 is 0 Å². The number of rotatable bonds is 2. The summed E-state index contributed by atoms with van der Waals surface area (Å²) in [6.07, 6.45) is 4.96. The molecule has 1 aliphatic rings. The fraction of sp³-hybridized carbons (Fsp3) is 0.136. The Morgan fingerprint density at radius 3 is 2.86 bits per heavy atom. The lowest BCUT2D eigenvalue weighted by molar-refractivity contribution is 0.414. The number of fused-ring (bicyclic) bond motifs is 5. The van der Waals surface area contributed by atoms with Crippen molar-refractivity contribution in [3.05, 3.63) is 83.7 Å². The van der Waals surface area contributed by atoms with Gasteiger partial charge in [0.25, 0.3) is 0 Å². The van der Waals surface area contributed by atoms with E-state index in [-0.39, 0.29) is 0 Å². The molecular weight excluding hydrogens is 350 g/mol. The first-order chi connectivity index (χ1) is 13.8. The van der Waals surface area contributed by atoms with E-state index < -0.39 is 0 Å². The van der Waals surface area contributed by atoms with E-state index >= 15 is 0 Å². The number of hydrogen-bond acceptors (Lipinski definition) is 4. The van der Waals surface area contributed by atoms with E-state index in [1.54, 1.807) is 13.3 Å². The van der Waals surface area contributed by atoms with Crippen molar-refractivity contribution in [2.75, 3.05) is 7.11 Å². The SMILES string of the molecule is COc1ccc2c(c1)-n1nncc1Cc1c(C#CCc3ccccc3)ncn1-2. The quantitative estimate of drug-likeness (QED) is 0.450. The zero-order chi connectivity index (χ0) is 18.9. The van der Waals surface area contributed by atoms with Crippen LogP contribution in [0.2, 0.25) is 0 Å². The number of methoxy groups -OCH3 is 1. The number of nitrogens with zero attached hydrogens (tertiary/aromatic N) is 5. The van der Waals surface area contributed by atoms with Crippen LogP contribution >= 0.6 is 0 Å². The lowest BCUT2D eigenvalue weighted by Gasteiger charge is -2.11. The lowest BCUT2D eigenvalue weighted by Crippen LogP contribution is -2.03. The van der Waals surface area contributed by atoms with Gasteiger partial charge in [-0.2, -0.15) is 0 Å². The summed E-state index contributed by atoms with van der Waals surface area (Å²) in [5.41, 5.74) is 5.88. The summed E-state index contributed by atoms with van der Waals surface area (Å²) in [7, 11) is 1.66. The molecule has 0 bridgehead atoms. The van der Waals surface area contributed by atoms with Crippen LogP contribution in [0.3, 0.4) is 0 Å². The van der Waals surface area contributed by atoms with Gasteiger partial charge in [-0.1, -0.05) is 41.5 Å². The van der Waals surface area contributed by atoms with Crippen molar-refractivity contribution in [3.8, 4) is 29.0 Å². The van der Waals surface area contributed by atoms with Gasteiger partial charge in [0.1, 0.15) is 17.8 Å². The molecule has 2 aromatic heterocycles. The van der Waals surface area contributed by atoms with Crippen LogP contribution in [0.4, 0.5) is 0 Å². The molecule has 0 fully saturated rings. The van der Waals surface area contributed by atoms with Crippen molar-refractivity contribution in [1.29, 1.82) is 0 Å². The van der Waals surface area contributed by atoms with Gasteiger partial charge in [0.05, 0.1) is 36.1 Å². The lowest BCUT2D eigenvalue weighted by atomic mass is 10.1. The molecule has 0 N–H and O–H groups in total. The second-order valence-corrected chi connectivity index (χ2v) is 6.54. The highest BCUT2D eigenvalue weighted by Gasteiger charge is 2.23. The molecule has 0 saturated carbocycles. The van der Waals surface area contributed by atoms with E-state index in [2.05, 4.69) is 43.8 Å². The van der Waals surface area contributed by atoms with E-state index in [9.17, 15) is 0 Å². The number of hydrogen-bond donors (Lipinski definition) is 0. The zero-order valence-electron chi connectivity index (χ0n) is 15.3. The van der Waals surface area contributed by atoms with Crippen molar-refractivity contribution in [1.82, 2.24) is 24.5 Å². The third-order valence-electron chi connectivity index (χ3n) is 4.85. The van der Waals surface area contributed by atoms with Gasteiger partial charge in [-0.25, -0.2) is 9.67 Å². The molecule has 6 heteroatoms. The summed E-state index contributed by atoms with van der Waals surface area (Å²) in [5, 5.41) is 8.36. The minimum absolute atomic E-state index is 0.652. The third-order valence-corrected chi connectivity index (χ3v) is 4.85. The molecule has 0 radical (unpaired) electrons. The first-order valence-corrected chi connectivity index (χ1v) is 9.01. The van der Waals surface area contributed by atoms with Crippen LogP contribution in [0, 0.1) is 11.8 Å². The highest BCUT2D eigenvalue weighted by molar-refractivity contribution is 5.59. The maximum atomic E-state index is 5.39. The van der Waals surface area contributed by atoms with Crippen molar-refractivity contribution in [3.63, 3.8) is 0 Å². The average molecular weight is 367 g/mol. The third kappa shape index (κ3) is 2.74. The van der Waals surface area contributed by atoms with Crippen molar-refractivity contribution < 1.29 is 4.74 Å². The Hall–Kier alpha value is -3.85. The topological polar surface area (TPSA) is 57.8 Å². The van der Waals surface area contributed by atoms with Crippen LogP contribution < -0.4 is 4.74 Å². The molecule has 5 rings (SSSR count). The summed E-state index contributed by atoms with van der Waals surface area (Å²) in [4.78, 5) is 4.58. The molecular formula is C22H17N5O. The smallest absolute Gasteiger partial charge is 0.135 e. The van der Waals surface area contributed by atoms with Gasteiger partial charge in [0.15, 0.2) is 0 Å². The predicted octanol–water partition coefficient (Wildman–Crippen LogP) is 2.96. The summed E-state index contributed by atoms with van der Waals surface area (Å²) in [5.74, 6) is 7.27. The molecule has 4 aromatic rings. The highest BCUT2D eigenvalue weighted by atomic mass is 16.5. The molecule has 1 aliphatic heterocycles. The van der Waals surface area contributed by atoms with Crippen LogP contribution in [0.15, 0.2) is 61.1 Å². The van der Waals surface area contributed by atoms with Crippen LogP contribution in [0.1, 0.15) is 22.6 Å². The van der Waals surface area contributed by atoms with Gasteiger partial charge in [0, 0.05) is 18.9 Å². The number of benzene rings is 2. The highest BCUT2D eigenvalue weighted by Crippen LogP contribution is 2.30. The summed E-state index contributed by atoms with van der Waals surface area (Å²) in [6, 6.07) is 16.1. The van der Waals surface area contributed by atoms with Gasteiger partial charge in [-0.3, -0.25) is 4.57 Å². The Labute approximate surface area is 162 Å². The molecule has 28 heavy (non-hydrogen) atoms. The molecule has 136 valence electrons. The number of imidazole rings is 1. The van der Waals surface area contributed by atoms with Crippen LogP contribution in [0.5, 0.6) is 5.75 Å². The van der Waals surface area contributed by atoms with Gasteiger partial charge in [0.2, 0.25) is 0 Å². The molecule has 0 saturated heterocycles. The number of aromatic nitrogens is 5. The van der Waals surface area contributed by atoms with Crippen molar-refractivity contribution in [2.24, 2.45) is 0 Å². The fourth-order valence-corrected chi connectivity index (χ4v) is 3.44. The van der Waals surface area contributed by atoms with Crippen LogP contribution in [-0.2, 0) is 12.8 Å². The summed E-state index contributed by atoms with van der Waals surface area (Å²) < 4.78 is 9.32. The maximum absolute atomic E-state index is 5.39. The standard InChI is InChI=1S/C22H17N5O/c1-28-18-10-11-20-22(13-18)27-17(14-24-25-27)12-21-19(23-15-26(20)21)9-5-8-16-6-3-2-4-7-16/h2-4,6-7,10-11,13-15H,8,12H2,1H3. The zero-order valence-corrected chi connectivity index (χ0v) is 15.3. The van der Waals surface area contributed by atoms with E-state index in [1.807, 2.05) is 47.4 Å². The van der Waals surface area contributed by atoms with Gasteiger partial charge in [-0.15, -0.1) is 5.10 Å². The van der Waals surface area contributed by atoms with E-state index in [4.69, 9.17) is 4.74 Å². The molecule has 0 spiro atoms. The van der Waals surface area contributed by atoms with Crippen LogP contribution in [-0.4, -0.2) is 31.7 Å². The summed E-state index contributed by atoms with van der Waals surface area (Å²) >= 11 is 0. The normalized spacial score (nSPS) is 11.5. The van der Waals surface area contributed by atoms with Crippen LogP contribution in [0.25, 0.3) is 11.4 Å². The Kier molecular flexibility index (Phi) is 3.91. The maximum Gasteiger partial charge on any atom is 0.135 e. The fourth-order valence-electron chi connectivity index (χ4n) is 3.44. The largest absolute Gasteiger partial charge is 0.497 e. The molecule has 0 aliphatic carbocycles. The molecule has 0 unspecified atom stereocenters. The molecule has 0 amide bonds. The molecule has 3 heterocycles. The van der Waals surface area contributed by atoms with Crippen molar-refractivity contribution in [2.45, 2.75) is 12.8 Å². The Morgan fingerprint density at radius 1 is 1.11 bits per heavy atom. The first kappa shape index (κ1) is 16.3. The second-order valence-electron chi connectivity index (χ2n) is 6.54. The Bertz CT molecular complexity index is 1210. The first-order valence-electron chi connectivity index (χ1n) is 9.01. The van der Waals surface area contributed by atoms with E-state index in [0.29, 0.717) is 12.8 Å². The second kappa shape index (κ2) is 6.71. The Morgan fingerprint density at radius 2 is 2.00 bits per heavy atom. The minimum atomic E-state index is 0.652. The molecule has 0 atom stereocenters.